The van der Waals surface area contributed by atoms with Gasteiger partial charge in [-0.1, -0.05) is 30.3 Å². The lowest BCUT2D eigenvalue weighted by atomic mass is 10.0. The Bertz CT molecular complexity index is 775. The van der Waals surface area contributed by atoms with Gasteiger partial charge in [-0.05, 0) is 24.1 Å². The highest BCUT2D eigenvalue weighted by atomic mass is 16.6. The standard InChI is InChI=1S/C17H17N3O4/c1-11-9-13(20(23)24)7-8-14(11)17(22)19-15(16(18)21)10-12-5-3-2-4-6-12/h2-9,15H,10H2,1H3,(H2,18,21)(H,19,22). The average molecular weight is 327 g/mol. The van der Waals surface area contributed by atoms with Crippen LogP contribution in [-0.2, 0) is 11.2 Å². The summed E-state index contributed by atoms with van der Waals surface area (Å²) in [6.07, 6.45) is 0.272. The summed E-state index contributed by atoms with van der Waals surface area (Å²) in [6.45, 7) is 1.60. The Morgan fingerprint density at radius 3 is 2.42 bits per heavy atom. The number of non-ortho nitro benzene ring substituents is 1. The Hall–Kier alpha value is -3.22. The van der Waals surface area contributed by atoms with Crippen molar-refractivity contribution < 1.29 is 14.5 Å². The van der Waals surface area contributed by atoms with E-state index in [-0.39, 0.29) is 17.7 Å². The summed E-state index contributed by atoms with van der Waals surface area (Å²) >= 11 is 0. The van der Waals surface area contributed by atoms with Gasteiger partial charge in [0.1, 0.15) is 6.04 Å². The first-order chi connectivity index (χ1) is 11.4. The number of aryl methyl sites for hydroxylation is 1. The number of nitro benzene ring substituents is 1. The van der Waals surface area contributed by atoms with Crippen molar-refractivity contribution in [1.29, 1.82) is 0 Å². The van der Waals surface area contributed by atoms with Crippen LogP contribution in [-0.4, -0.2) is 22.8 Å². The third-order valence-corrected chi connectivity index (χ3v) is 3.60. The molecule has 2 rings (SSSR count). The molecule has 0 aliphatic rings. The van der Waals surface area contributed by atoms with Crippen LogP contribution >= 0.6 is 0 Å². The molecule has 0 bridgehead atoms. The summed E-state index contributed by atoms with van der Waals surface area (Å²) < 4.78 is 0. The molecule has 0 saturated heterocycles. The van der Waals surface area contributed by atoms with Crippen molar-refractivity contribution >= 4 is 17.5 Å². The van der Waals surface area contributed by atoms with E-state index in [1.807, 2.05) is 30.3 Å². The maximum atomic E-state index is 12.4. The first kappa shape index (κ1) is 17.1. The number of nitrogens with two attached hydrogens (primary N) is 1. The van der Waals surface area contributed by atoms with E-state index in [0.717, 1.165) is 5.56 Å². The van der Waals surface area contributed by atoms with Gasteiger partial charge in [0, 0.05) is 24.1 Å². The number of nitro groups is 1. The van der Waals surface area contributed by atoms with Gasteiger partial charge in [-0.3, -0.25) is 19.7 Å². The highest BCUT2D eigenvalue weighted by Gasteiger charge is 2.21. The van der Waals surface area contributed by atoms with Gasteiger partial charge in [0.05, 0.1) is 4.92 Å². The van der Waals surface area contributed by atoms with E-state index in [1.54, 1.807) is 6.92 Å². The smallest absolute Gasteiger partial charge is 0.269 e. The van der Waals surface area contributed by atoms with Gasteiger partial charge in [-0.15, -0.1) is 0 Å². The van der Waals surface area contributed by atoms with Crippen molar-refractivity contribution in [3.63, 3.8) is 0 Å². The van der Waals surface area contributed by atoms with E-state index in [1.165, 1.54) is 18.2 Å². The van der Waals surface area contributed by atoms with E-state index in [2.05, 4.69) is 5.32 Å². The molecule has 124 valence electrons. The molecule has 0 fully saturated rings. The molecule has 7 nitrogen and oxygen atoms in total. The fourth-order valence-electron chi connectivity index (χ4n) is 2.32. The maximum absolute atomic E-state index is 12.4. The third-order valence-electron chi connectivity index (χ3n) is 3.60. The zero-order valence-corrected chi connectivity index (χ0v) is 13.1. The number of benzene rings is 2. The molecule has 0 aromatic heterocycles. The fraction of sp³-hybridized carbons (Fsp3) is 0.176. The van der Waals surface area contributed by atoms with E-state index >= 15 is 0 Å². The minimum absolute atomic E-state index is 0.0974. The van der Waals surface area contributed by atoms with Gasteiger partial charge < -0.3 is 11.1 Å². The van der Waals surface area contributed by atoms with Crippen molar-refractivity contribution in [2.45, 2.75) is 19.4 Å². The largest absolute Gasteiger partial charge is 0.368 e. The molecule has 24 heavy (non-hydrogen) atoms. The van der Waals surface area contributed by atoms with Gasteiger partial charge in [-0.2, -0.15) is 0 Å². The summed E-state index contributed by atoms with van der Waals surface area (Å²) in [4.78, 5) is 34.2. The molecule has 3 N–H and O–H groups in total. The number of hydrogen-bond donors (Lipinski definition) is 2. The maximum Gasteiger partial charge on any atom is 0.269 e. The summed E-state index contributed by atoms with van der Waals surface area (Å²) in [5.41, 5.74) is 6.85. The molecule has 0 aliphatic carbocycles. The monoisotopic (exact) mass is 327 g/mol. The van der Waals surface area contributed by atoms with Crippen molar-refractivity contribution in [2.24, 2.45) is 5.73 Å². The zero-order chi connectivity index (χ0) is 17.7. The molecular formula is C17H17N3O4. The normalized spacial score (nSPS) is 11.5. The quantitative estimate of drug-likeness (QED) is 0.621. The molecule has 0 saturated carbocycles. The molecule has 2 aromatic carbocycles. The Balaban J connectivity index is 2.16. The highest BCUT2D eigenvalue weighted by Crippen LogP contribution is 2.17. The second-order valence-electron chi connectivity index (χ2n) is 5.37. The highest BCUT2D eigenvalue weighted by molar-refractivity contribution is 5.98. The number of hydrogen-bond acceptors (Lipinski definition) is 4. The van der Waals surface area contributed by atoms with Crippen LogP contribution in [0.4, 0.5) is 5.69 Å². The second-order valence-corrected chi connectivity index (χ2v) is 5.37. The molecule has 0 aliphatic heterocycles. The van der Waals surface area contributed by atoms with Gasteiger partial charge >= 0.3 is 0 Å². The lowest BCUT2D eigenvalue weighted by Crippen LogP contribution is -2.46. The molecule has 0 heterocycles. The number of carbonyl (C=O) groups is 2. The van der Waals surface area contributed by atoms with Crippen molar-refractivity contribution in [2.75, 3.05) is 0 Å². The molecule has 0 radical (unpaired) electrons. The SMILES string of the molecule is Cc1cc([N+](=O)[O-])ccc1C(=O)NC(Cc1ccccc1)C(N)=O. The van der Waals surface area contributed by atoms with E-state index in [9.17, 15) is 19.7 Å². The Morgan fingerprint density at radius 1 is 1.21 bits per heavy atom. The minimum Gasteiger partial charge on any atom is -0.368 e. The summed E-state index contributed by atoms with van der Waals surface area (Å²) in [5.74, 6) is -1.14. The van der Waals surface area contributed by atoms with Gasteiger partial charge in [0.15, 0.2) is 0 Å². The summed E-state index contributed by atoms with van der Waals surface area (Å²) in [5, 5.41) is 13.3. The van der Waals surface area contributed by atoms with Crippen LogP contribution < -0.4 is 11.1 Å². The van der Waals surface area contributed by atoms with Crippen LogP contribution in [0.15, 0.2) is 48.5 Å². The van der Waals surface area contributed by atoms with Gasteiger partial charge in [0.25, 0.3) is 11.6 Å². The predicted octanol–water partition coefficient (Wildman–Crippen LogP) is 1.73. The first-order valence-corrected chi connectivity index (χ1v) is 7.27. The Morgan fingerprint density at radius 2 is 1.88 bits per heavy atom. The van der Waals surface area contributed by atoms with E-state index < -0.39 is 22.8 Å². The predicted molar refractivity (Wildman–Crippen MR) is 88.4 cm³/mol. The molecule has 1 unspecified atom stereocenters. The topological polar surface area (TPSA) is 115 Å². The number of primary amides is 1. The Labute approximate surface area is 138 Å². The number of amides is 2. The summed E-state index contributed by atoms with van der Waals surface area (Å²) in [6, 6.07) is 12.2. The lowest BCUT2D eigenvalue weighted by molar-refractivity contribution is -0.384. The van der Waals surface area contributed by atoms with Crippen LogP contribution in [0, 0.1) is 17.0 Å². The molecule has 1 atom stereocenters. The van der Waals surface area contributed by atoms with Gasteiger partial charge in [0.2, 0.25) is 5.91 Å². The number of carbonyl (C=O) groups excluding carboxylic acids is 2. The molecule has 7 heteroatoms. The lowest BCUT2D eigenvalue weighted by Gasteiger charge is -2.16. The van der Waals surface area contributed by atoms with Crippen molar-refractivity contribution in [1.82, 2.24) is 5.32 Å². The van der Waals surface area contributed by atoms with Crippen LogP contribution in [0.1, 0.15) is 21.5 Å². The molecular weight excluding hydrogens is 310 g/mol. The van der Waals surface area contributed by atoms with Crippen LogP contribution in [0.2, 0.25) is 0 Å². The fourth-order valence-corrected chi connectivity index (χ4v) is 2.32. The third kappa shape index (κ3) is 4.16. The molecule has 2 aromatic rings. The van der Waals surface area contributed by atoms with Crippen LogP contribution in [0.3, 0.4) is 0 Å². The van der Waals surface area contributed by atoms with Crippen LogP contribution in [0.25, 0.3) is 0 Å². The molecule has 2 amide bonds. The minimum atomic E-state index is -0.866. The summed E-state index contributed by atoms with van der Waals surface area (Å²) in [7, 11) is 0. The van der Waals surface area contributed by atoms with E-state index in [4.69, 9.17) is 5.73 Å². The number of nitrogens with one attached hydrogen (secondary N) is 1. The van der Waals surface area contributed by atoms with Gasteiger partial charge in [-0.25, -0.2) is 0 Å². The average Bonchev–Trinajstić information content (AvgIpc) is 2.54. The number of rotatable bonds is 6. The van der Waals surface area contributed by atoms with E-state index in [0.29, 0.717) is 5.56 Å². The first-order valence-electron chi connectivity index (χ1n) is 7.27. The Kier molecular flexibility index (Phi) is 5.26. The second kappa shape index (κ2) is 7.36. The molecule has 0 spiro atoms. The van der Waals surface area contributed by atoms with Crippen molar-refractivity contribution in [3.05, 3.63) is 75.3 Å². The van der Waals surface area contributed by atoms with Crippen molar-refractivity contribution in [3.8, 4) is 0 Å². The van der Waals surface area contributed by atoms with Crippen LogP contribution in [0.5, 0.6) is 0 Å². The number of nitrogens with zero attached hydrogens (tertiary/aromatic N) is 1. The zero-order valence-electron chi connectivity index (χ0n) is 13.1.